The first-order chi connectivity index (χ1) is 9.84. The molecule has 7 nitrogen and oxygen atoms in total. The van der Waals surface area contributed by atoms with E-state index in [1.165, 1.54) is 12.1 Å². The number of carbonyl (C=O) groups is 3. The van der Waals surface area contributed by atoms with E-state index in [1.807, 2.05) is 11.6 Å². The van der Waals surface area contributed by atoms with Gasteiger partial charge in [-0.2, -0.15) is 0 Å². The molecule has 21 heavy (non-hydrogen) atoms. The van der Waals surface area contributed by atoms with Crippen molar-refractivity contribution in [2.75, 3.05) is 5.75 Å². The summed E-state index contributed by atoms with van der Waals surface area (Å²) in [6.45, 7) is 1.83. The van der Waals surface area contributed by atoms with Crippen LogP contribution in [0, 0.1) is 0 Å². The smallest absolute Gasteiger partial charge is 0.346 e. The summed E-state index contributed by atoms with van der Waals surface area (Å²) in [5.74, 6) is -2.63. The number of benzene rings is 1. The van der Waals surface area contributed by atoms with Crippen LogP contribution in [0.5, 0.6) is 0 Å². The molecule has 1 aromatic rings. The fourth-order valence-corrected chi connectivity index (χ4v) is 2.98. The van der Waals surface area contributed by atoms with E-state index in [2.05, 4.69) is 4.74 Å². The lowest BCUT2D eigenvalue weighted by Gasteiger charge is -2.06. The minimum atomic E-state index is -3.71. The molecular formula is C13H13NO6S. The van der Waals surface area contributed by atoms with Crippen molar-refractivity contribution in [2.45, 2.75) is 19.8 Å². The lowest BCUT2D eigenvalue weighted by atomic mass is 10.1. The molecule has 0 saturated carbocycles. The highest BCUT2D eigenvalue weighted by Crippen LogP contribution is 2.21. The maximum atomic E-state index is 11.9. The maximum Gasteiger partial charge on any atom is 0.346 e. The number of hydrogen-bond donors (Lipinski definition) is 1. The van der Waals surface area contributed by atoms with Gasteiger partial charge in [-0.15, -0.1) is 0 Å². The average Bonchev–Trinajstić information content (AvgIpc) is 2.71. The molecular weight excluding hydrogens is 298 g/mol. The molecule has 1 aromatic carbocycles. The molecule has 0 aliphatic carbocycles. The van der Waals surface area contributed by atoms with Gasteiger partial charge in [0.1, 0.15) is 0 Å². The van der Waals surface area contributed by atoms with Crippen LogP contribution in [0.3, 0.4) is 0 Å². The summed E-state index contributed by atoms with van der Waals surface area (Å²) in [4.78, 5) is 34.5. The van der Waals surface area contributed by atoms with Crippen molar-refractivity contribution in [1.82, 2.24) is 4.72 Å². The monoisotopic (exact) mass is 311 g/mol. The summed E-state index contributed by atoms with van der Waals surface area (Å²) in [5.41, 5.74) is -0.00975. The Morgan fingerprint density at radius 3 is 2.52 bits per heavy atom. The van der Waals surface area contributed by atoms with Gasteiger partial charge >= 0.3 is 11.9 Å². The molecule has 8 heteroatoms. The zero-order valence-corrected chi connectivity index (χ0v) is 12.0. The molecule has 0 radical (unpaired) electrons. The first-order valence-electron chi connectivity index (χ1n) is 6.29. The zero-order chi connectivity index (χ0) is 15.6. The number of hydrogen-bond acceptors (Lipinski definition) is 6. The maximum absolute atomic E-state index is 11.9. The van der Waals surface area contributed by atoms with Crippen LogP contribution in [0.15, 0.2) is 18.2 Å². The van der Waals surface area contributed by atoms with Crippen molar-refractivity contribution in [3.63, 3.8) is 0 Å². The Kier molecular flexibility index (Phi) is 4.08. The average molecular weight is 311 g/mol. The minimum Gasteiger partial charge on any atom is -0.386 e. The molecule has 0 fully saturated rings. The number of rotatable bonds is 5. The predicted molar refractivity (Wildman–Crippen MR) is 72.3 cm³/mol. The molecule has 0 bridgehead atoms. The number of nitrogens with one attached hydrogen (secondary N) is 1. The Balaban J connectivity index is 2.20. The summed E-state index contributed by atoms with van der Waals surface area (Å²) in [5, 5.41) is 0. The molecule has 0 saturated heterocycles. The van der Waals surface area contributed by atoms with E-state index >= 15 is 0 Å². The molecule has 1 aliphatic rings. The number of carbonyl (C=O) groups excluding carboxylic acids is 3. The number of amides is 1. The highest BCUT2D eigenvalue weighted by Gasteiger charge is 2.30. The lowest BCUT2D eigenvalue weighted by molar-refractivity contribution is 0.0443. The third-order valence-electron chi connectivity index (χ3n) is 2.92. The van der Waals surface area contributed by atoms with Crippen LogP contribution in [0.2, 0.25) is 0 Å². The van der Waals surface area contributed by atoms with E-state index in [1.54, 1.807) is 0 Å². The van der Waals surface area contributed by atoms with Crippen LogP contribution in [0.1, 0.15) is 50.8 Å². The van der Waals surface area contributed by atoms with E-state index < -0.39 is 27.9 Å². The molecule has 1 amide bonds. The number of sulfonamides is 1. The van der Waals surface area contributed by atoms with Crippen LogP contribution in [0.4, 0.5) is 0 Å². The first-order valence-corrected chi connectivity index (χ1v) is 7.94. The van der Waals surface area contributed by atoms with Gasteiger partial charge < -0.3 is 4.74 Å². The van der Waals surface area contributed by atoms with Gasteiger partial charge in [0.25, 0.3) is 5.91 Å². The summed E-state index contributed by atoms with van der Waals surface area (Å²) in [6, 6.07) is 3.67. The molecule has 0 unspecified atom stereocenters. The van der Waals surface area contributed by atoms with Crippen LogP contribution >= 0.6 is 0 Å². The van der Waals surface area contributed by atoms with Gasteiger partial charge in [-0.25, -0.2) is 22.7 Å². The molecule has 2 rings (SSSR count). The normalized spacial score (nSPS) is 13.8. The molecule has 1 N–H and O–H groups in total. The molecule has 1 heterocycles. The Bertz CT molecular complexity index is 722. The summed E-state index contributed by atoms with van der Waals surface area (Å²) >= 11 is 0. The minimum absolute atomic E-state index is 0.0273. The van der Waals surface area contributed by atoms with E-state index in [0.717, 1.165) is 6.07 Å². The summed E-state index contributed by atoms with van der Waals surface area (Å²) in [7, 11) is -3.71. The second kappa shape index (κ2) is 5.65. The fourth-order valence-electron chi connectivity index (χ4n) is 1.81. The molecule has 112 valence electrons. The number of cyclic esters (lactones) is 2. The first kappa shape index (κ1) is 15.2. The van der Waals surface area contributed by atoms with Crippen molar-refractivity contribution in [3.05, 3.63) is 34.9 Å². The van der Waals surface area contributed by atoms with E-state index in [0.29, 0.717) is 12.8 Å². The van der Waals surface area contributed by atoms with Gasteiger partial charge in [0.15, 0.2) is 0 Å². The Labute approximate surface area is 121 Å². The Hall–Kier alpha value is -2.22. The summed E-state index contributed by atoms with van der Waals surface area (Å²) in [6.07, 6.45) is 1.12. The Morgan fingerprint density at radius 2 is 1.86 bits per heavy atom. The molecule has 0 aromatic heterocycles. The van der Waals surface area contributed by atoms with Gasteiger partial charge in [-0.3, -0.25) is 4.79 Å². The van der Waals surface area contributed by atoms with Gasteiger partial charge in [0.2, 0.25) is 10.0 Å². The van der Waals surface area contributed by atoms with Crippen LogP contribution in [0.25, 0.3) is 0 Å². The van der Waals surface area contributed by atoms with Crippen molar-refractivity contribution in [1.29, 1.82) is 0 Å². The van der Waals surface area contributed by atoms with Gasteiger partial charge in [-0.1, -0.05) is 13.3 Å². The van der Waals surface area contributed by atoms with Crippen molar-refractivity contribution in [3.8, 4) is 0 Å². The second-order valence-corrected chi connectivity index (χ2v) is 6.38. The van der Waals surface area contributed by atoms with E-state index in [4.69, 9.17) is 0 Å². The molecule has 1 aliphatic heterocycles. The number of esters is 2. The lowest BCUT2D eigenvalue weighted by Crippen LogP contribution is -2.32. The number of fused-ring (bicyclic) bond motifs is 1. The third kappa shape index (κ3) is 3.27. The van der Waals surface area contributed by atoms with Gasteiger partial charge in [0, 0.05) is 5.56 Å². The SMILES string of the molecule is CCCCS(=O)(=O)NC(=O)c1ccc2c(c1)C(=O)OC2=O. The summed E-state index contributed by atoms with van der Waals surface area (Å²) < 4.78 is 29.6. The second-order valence-electron chi connectivity index (χ2n) is 4.54. The van der Waals surface area contributed by atoms with Gasteiger partial charge in [-0.05, 0) is 24.6 Å². The fraction of sp³-hybridized carbons (Fsp3) is 0.308. The third-order valence-corrected chi connectivity index (χ3v) is 4.24. The Morgan fingerprint density at radius 1 is 1.19 bits per heavy atom. The van der Waals surface area contributed by atoms with Gasteiger partial charge in [0.05, 0.1) is 16.9 Å². The van der Waals surface area contributed by atoms with Crippen LogP contribution in [-0.2, 0) is 14.8 Å². The zero-order valence-electron chi connectivity index (χ0n) is 11.2. The quantitative estimate of drug-likeness (QED) is 0.638. The predicted octanol–water partition coefficient (Wildman–Crippen LogP) is 0.857. The number of unbranched alkanes of at least 4 members (excludes halogenated alkanes) is 1. The van der Waals surface area contributed by atoms with E-state index in [9.17, 15) is 22.8 Å². The highest BCUT2D eigenvalue weighted by atomic mass is 32.2. The van der Waals surface area contributed by atoms with Crippen LogP contribution in [-0.4, -0.2) is 32.0 Å². The van der Waals surface area contributed by atoms with Crippen LogP contribution < -0.4 is 4.72 Å². The van der Waals surface area contributed by atoms with Crippen molar-refractivity contribution < 1.29 is 27.5 Å². The topological polar surface area (TPSA) is 107 Å². The largest absolute Gasteiger partial charge is 0.386 e. The number of ether oxygens (including phenoxy) is 1. The highest BCUT2D eigenvalue weighted by molar-refractivity contribution is 7.90. The molecule has 0 spiro atoms. The van der Waals surface area contributed by atoms with Crippen molar-refractivity contribution >= 4 is 27.9 Å². The molecule has 0 atom stereocenters. The standard InChI is InChI=1S/C13H13NO6S/c1-2-3-6-21(18,19)14-11(15)8-4-5-9-10(7-8)13(17)20-12(9)16/h4-5,7H,2-3,6H2,1H3,(H,14,15). The van der Waals surface area contributed by atoms with E-state index in [-0.39, 0.29) is 22.4 Å². The van der Waals surface area contributed by atoms with Crippen molar-refractivity contribution in [2.24, 2.45) is 0 Å².